The summed E-state index contributed by atoms with van der Waals surface area (Å²) < 4.78 is 6.05. The molecule has 1 amide bonds. The zero-order chi connectivity index (χ0) is 17.7. The molecule has 0 aromatic heterocycles. The predicted octanol–water partition coefficient (Wildman–Crippen LogP) is 1.61. The molecular formula is C18H34N4O2. The van der Waals surface area contributed by atoms with E-state index in [1.807, 2.05) is 7.05 Å². The Labute approximate surface area is 146 Å². The third kappa shape index (κ3) is 5.10. The summed E-state index contributed by atoms with van der Waals surface area (Å²) in [5, 5.41) is 6.92. The van der Waals surface area contributed by atoms with Crippen LogP contribution in [0.15, 0.2) is 4.99 Å². The van der Waals surface area contributed by atoms with Crippen LogP contribution in [-0.4, -0.2) is 62.7 Å². The van der Waals surface area contributed by atoms with Crippen LogP contribution in [0.25, 0.3) is 0 Å². The first-order valence-corrected chi connectivity index (χ1v) is 9.14. The maximum Gasteiger partial charge on any atom is 0.222 e. The number of carbonyl (C=O) groups excluding carboxylic acids is 1. The molecule has 6 nitrogen and oxygen atoms in total. The number of carbonyl (C=O) groups is 1. The largest absolute Gasteiger partial charge is 0.377 e. The van der Waals surface area contributed by atoms with E-state index in [1.54, 1.807) is 11.9 Å². The van der Waals surface area contributed by atoms with Crippen LogP contribution in [0, 0.1) is 11.3 Å². The molecule has 2 saturated heterocycles. The van der Waals surface area contributed by atoms with Crippen molar-refractivity contribution in [1.82, 2.24) is 15.5 Å². The van der Waals surface area contributed by atoms with Crippen molar-refractivity contribution in [2.75, 3.05) is 33.8 Å². The minimum Gasteiger partial charge on any atom is -0.377 e. The monoisotopic (exact) mass is 338 g/mol. The van der Waals surface area contributed by atoms with Crippen LogP contribution in [0.3, 0.4) is 0 Å². The Morgan fingerprint density at radius 1 is 1.38 bits per heavy atom. The molecule has 2 aliphatic heterocycles. The summed E-state index contributed by atoms with van der Waals surface area (Å²) in [6, 6.07) is 0.264. The first kappa shape index (κ1) is 19.0. The number of amides is 1. The molecule has 0 aromatic carbocycles. The number of ether oxygens (including phenoxy) is 1. The highest BCUT2D eigenvalue weighted by Crippen LogP contribution is 2.33. The van der Waals surface area contributed by atoms with Crippen molar-refractivity contribution in [2.24, 2.45) is 16.3 Å². The molecule has 2 aliphatic rings. The van der Waals surface area contributed by atoms with Crippen LogP contribution in [0.1, 0.15) is 46.5 Å². The van der Waals surface area contributed by atoms with Gasteiger partial charge < -0.3 is 20.3 Å². The van der Waals surface area contributed by atoms with E-state index < -0.39 is 0 Å². The molecule has 0 radical (unpaired) electrons. The van der Waals surface area contributed by atoms with E-state index in [-0.39, 0.29) is 23.5 Å². The highest BCUT2D eigenvalue weighted by Gasteiger charge is 2.35. The third-order valence-electron chi connectivity index (χ3n) is 5.02. The van der Waals surface area contributed by atoms with Crippen molar-refractivity contribution in [3.05, 3.63) is 0 Å². The SMILES string of the molecule is CN=C(NCC1CCCOC1C(C)(C)C)NC1CCC(=O)N(C)C1. The van der Waals surface area contributed by atoms with Crippen molar-refractivity contribution in [2.45, 2.75) is 58.6 Å². The summed E-state index contributed by atoms with van der Waals surface area (Å²) in [6.45, 7) is 9.21. The van der Waals surface area contributed by atoms with Gasteiger partial charge in [-0.1, -0.05) is 20.8 Å². The lowest BCUT2D eigenvalue weighted by Gasteiger charge is -2.40. The fourth-order valence-electron chi connectivity index (χ4n) is 3.76. The zero-order valence-electron chi connectivity index (χ0n) is 15.9. The van der Waals surface area contributed by atoms with E-state index in [4.69, 9.17) is 4.74 Å². The molecule has 138 valence electrons. The van der Waals surface area contributed by atoms with Gasteiger partial charge in [0.2, 0.25) is 5.91 Å². The van der Waals surface area contributed by atoms with Crippen molar-refractivity contribution < 1.29 is 9.53 Å². The number of hydrogen-bond donors (Lipinski definition) is 2. The van der Waals surface area contributed by atoms with Gasteiger partial charge in [0.05, 0.1) is 6.10 Å². The van der Waals surface area contributed by atoms with E-state index in [9.17, 15) is 4.79 Å². The molecular weight excluding hydrogens is 304 g/mol. The fraction of sp³-hybridized carbons (Fsp3) is 0.889. The highest BCUT2D eigenvalue weighted by atomic mass is 16.5. The van der Waals surface area contributed by atoms with Gasteiger partial charge in [-0.25, -0.2) is 0 Å². The summed E-state index contributed by atoms with van der Waals surface area (Å²) in [7, 11) is 3.66. The second-order valence-electron chi connectivity index (χ2n) is 8.17. The van der Waals surface area contributed by atoms with E-state index in [0.29, 0.717) is 12.3 Å². The second kappa shape index (κ2) is 8.19. The maximum absolute atomic E-state index is 11.6. The van der Waals surface area contributed by atoms with Gasteiger partial charge in [0.15, 0.2) is 5.96 Å². The molecule has 0 saturated carbocycles. The first-order chi connectivity index (χ1) is 11.3. The van der Waals surface area contributed by atoms with Crippen LogP contribution in [0.4, 0.5) is 0 Å². The molecule has 2 N–H and O–H groups in total. The molecule has 0 aliphatic carbocycles. The third-order valence-corrected chi connectivity index (χ3v) is 5.02. The van der Waals surface area contributed by atoms with Gasteiger partial charge in [-0.3, -0.25) is 9.79 Å². The summed E-state index contributed by atoms with van der Waals surface area (Å²) in [5.74, 6) is 1.54. The Bertz CT molecular complexity index is 458. The van der Waals surface area contributed by atoms with E-state index in [1.165, 1.54) is 6.42 Å². The molecule has 0 bridgehead atoms. The second-order valence-corrected chi connectivity index (χ2v) is 8.17. The van der Waals surface area contributed by atoms with Crippen LogP contribution >= 0.6 is 0 Å². The standard InChI is InChI=1S/C18H34N4O2/c1-18(2,3)16-13(7-6-10-24-16)11-20-17(19-4)21-14-8-9-15(23)22(5)12-14/h13-14,16H,6-12H2,1-5H3,(H2,19,20,21). The topological polar surface area (TPSA) is 66.0 Å². The average molecular weight is 338 g/mol. The van der Waals surface area contributed by atoms with Gasteiger partial charge in [-0.05, 0) is 24.7 Å². The number of rotatable bonds is 3. The molecule has 2 fully saturated rings. The van der Waals surface area contributed by atoms with Gasteiger partial charge >= 0.3 is 0 Å². The molecule has 0 aromatic rings. The van der Waals surface area contributed by atoms with Crippen LogP contribution in [-0.2, 0) is 9.53 Å². The molecule has 3 atom stereocenters. The number of guanidine groups is 1. The van der Waals surface area contributed by atoms with E-state index >= 15 is 0 Å². The number of likely N-dealkylation sites (N-methyl/N-ethyl adjacent to an activating group) is 1. The normalized spacial score (nSPS) is 29.5. The predicted molar refractivity (Wildman–Crippen MR) is 97.1 cm³/mol. The van der Waals surface area contributed by atoms with Crippen molar-refractivity contribution in [1.29, 1.82) is 0 Å². The summed E-state index contributed by atoms with van der Waals surface area (Å²) in [6.07, 6.45) is 4.05. The number of hydrogen-bond acceptors (Lipinski definition) is 3. The van der Waals surface area contributed by atoms with Crippen molar-refractivity contribution in [3.63, 3.8) is 0 Å². The maximum atomic E-state index is 11.6. The Morgan fingerprint density at radius 2 is 2.12 bits per heavy atom. The van der Waals surface area contributed by atoms with Gasteiger partial charge in [0.1, 0.15) is 0 Å². The Balaban J connectivity index is 1.85. The molecule has 0 spiro atoms. The van der Waals surface area contributed by atoms with E-state index in [0.717, 1.165) is 38.5 Å². The number of nitrogens with one attached hydrogen (secondary N) is 2. The first-order valence-electron chi connectivity index (χ1n) is 9.14. The fourth-order valence-corrected chi connectivity index (χ4v) is 3.76. The van der Waals surface area contributed by atoms with Crippen LogP contribution in [0.5, 0.6) is 0 Å². The summed E-state index contributed by atoms with van der Waals surface area (Å²) >= 11 is 0. The number of likely N-dealkylation sites (tertiary alicyclic amines) is 1. The van der Waals surface area contributed by atoms with Crippen molar-refractivity contribution in [3.8, 4) is 0 Å². The molecule has 6 heteroatoms. The lowest BCUT2D eigenvalue weighted by Crippen LogP contribution is -2.53. The van der Waals surface area contributed by atoms with Gasteiger partial charge in [0, 0.05) is 52.2 Å². The average Bonchev–Trinajstić information content (AvgIpc) is 2.54. The minimum absolute atomic E-state index is 0.149. The van der Waals surface area contributed by atoms with Crippen molar-refractivity contribution >= 4 is 11.9 Å². The molecule has 2 rings (SSSR count). The lowest BCUT2D eigenvalue weighted by atomic mass is 9.78. The number of nitrogens with zero attached hydrogens (tertiary/aromatic N) is 2. The molecule has 3 unspecified atom stereocenters. The summed E-state index contributed by atoms with van der Waals surface area (Å²) in [4.78, 5) is 17.7. The Kier molecular flexibility index (Phi) is 6.49. The van der Waals surface area contributed by atoms with Gasteiger partial charge in [-0.2, -0.15) is 0 Å². The zero-order valence-corrected chi connectivity index (χ0v) is 15.9. The van der Waals surface area contributed by atoms with Gasteiger partial charge in [0.25, 0.3) is 0 Å². The number of piperidine rings is 1. The minimum atomic E-state index is 0.149. The quantitative estimate of drug-likeness (QED) is 0.606. The van der Waals surface area contributed by atoms with Crippen LogP contribution in [0.2, 0.25) is 0 Å². The highest BCUT2D eigenvalue weighted by molar-refractivity contribution is 5.81. The molecule has 2 heterocycles. The Morgan fingerprint density at radius 3 is 2.75 bits per heavy atom. The molecule has 24 heavy (non-hydrogen) atoms. The Hall–Kier alpha value is -1.30. The lowest BCUT2D eigenvalue weighted by molar-refractivity contribution is -0.132. The van der Waals surface area contributed by atoms with Crippen LogP contribution < -0.4 is 10.6 Å². The van der Waals surface area contributed by atoms with E-state index in [2.05, 4.69) is 36.4 Å². The van der Waals surface area contributed by atoms with Gasteiger partial charge in [-0.15, -0.1) is 0 Å². The number of aliphatic imine (C=N–C) groups is 1. The smallest absolute Gasteiger partial charge is 0.222 e. The summed E-state index contributed by atoms with van der Waals surface area (Å²) in [5.41, 5.74) is 0.149.